The van der Waals surface area contributed by atoms with E-state index >= 15 is 0 Å². The van der Waals surface area contributed by atoms with Crippen molar-refractivity contribution in [1.82, 2.24) is 5.32 Å². The van der Waals surface area contributed by atoms with Crippen LogP contribution >= 0.6 is 0 Å². The minimum absolute atomic E-state index is 1.02. The molecule has 1 heterocycles. The molecule has 1 N–H and O–H groups in total. The van der Waals surface area contributed by atoms with Crippen molar-refractivity contribution in [3.05, 3.63) is 35.1 Å². The van der Waals surface area contributed by atoms with Gasteiger partial charge >= 0.3 is 0 Å². The minimum atomic E-state index is 1.02. The van der Waals surface area contributed by atoms with Crippen LogP contribution in [0.3, 0.4) is 0 Å². The normalized spacial score (nSPS) is 22.7. The van der Waals surface area contributed by atoms with Gasteiger partial charge in [0.25, 0.3) is 0 Å². The maximum absolute atomic E-state index is 3.46. The molecular formula is C12H17N. The van der Waals surface area contributed by atoms with Crippen LogP contribution in [0.25, 0.3) is 0 Å². The Hall–Kier alpha value is -0.980. The Kier molecular flexibility index (Phi) is 2.53. The van der Waals surface area contributed by atoms with Gasteiger partial charge in [0.05, 0.1) is 0 Å². The van der Waals surface area contributed by atoms with Gasteiger partial charge in [-0.05, 0) is 44.3 Å². The van der Waals surface area contributed by atoms with E-state index in [1.807, 2.05) is 0 Å². The summed E-state index contributed by atoms with van der Waals surface area (Å²) < 4.78 is 0. The van der Waals surface area contributed by atoms with Crippen LogP contribution in [-0.2, 0) is 0 Å². The molecule has 0 amide bonds. The van der Waals surface area contributed by atoms with Crippen molar-refractivity contribution in [2.24, 2.45) is 0 Å². The molecule has 0 unspecified atom stereocenters. The third-order valence-corrected chi connectivity index (χ3v) is 2.73. The van der Waals surface area contributed by atoms with Gasteiger partial charge in [0.15, 0.2) is 0 Å². The van der Waals surface area contributed by atoms with Gasteiger partial charge in [-0.1, -0.05) is 17.7 Å². The van der Waals surface area contributed by atoms with E-state index in [1.165, 1.54) is 42.5 Å². The molecule has 0 aromatic rings. The molecule has 0 aromatic carbocycles. The highest BCUT2D eigenvalue weighted by molar-refractivity contribution is 5.37. The van der Waals surface area contributed by atoms with E-state index in [2.05, 4.69) is 30.5 Å². The largest absolute Gasteiger partial charge is 0.381 e. The van der Waals surface area contributed by atoms with Crippen LogP contribution in [0.1, 0.15) is 32.6 Å². The summed E-state index contributed by atoms with van der Waals surface area (Å²) in [7, 11) is 0. The van der Waals surface area contributed by atoms with Gasteiger partial charge in [0, 0.05) is 12.2 Å². The second kappa shape index (κ2) is 3.82. The van der Waals surface area contributed by atoms with Crippen LogP contribution < -0.4 is 5.32 Å². The topological polar surface area (TPSA) is 12.0 Å². The first kappa shape index (κ1) is 8.61. The molecule has 0 radical (unpaired) electrons. The molecule has 0 aromatic heterocycles. The zero-order chi connectivity index (χ0) is 9.10. The molecule has 1 heteroatoms. The molecule has 1 aliphatic heterocycles. The number of dihydropyridines is 1. The van der Waals surface area contributed by atoms with E-state index < -0.39 is 0 Å². The number of allylic oxidation sites excluding steroid dienone is 4. The Labute approximate surface area is 80.2 Å². The maximum Gasteiger partial charge on any atom is 0.0372 e. The lowest BCUT2D eigenvalue weighted by Crippen LogP contribution is -2.20. The molecule has 1 aliphatic carbocycles. The number of hydrogen-bond acceptors (Lipinski definition) is 1. The third kappa shape index (κ3) is 2.03. The number of rotatable bonds is 1. The van der Waals surface area contributed by atoms with E-state index in [-0.39, 0.29) is 0 Å². The SMILES string of the molecule is CC1=CC=C(C2=CCCCC2)NC1. The molecule has 13 heavy (non-hydrogen) atoms. The summed E-state index contributed by atoms with van der Waals surface area (Å²) in [5.41, 5.74) is 4.29. The van der Waals surface area contributed by atoms with Crippen molar-refractivity contribution in [2.75, 3.05) is 6.54 Å². The second-order valence-electron chi connectivity index (χ2n) is 3.92. The van der Waals surface area contributed by atoms with Crippen molar-refractivity contribution in [3.63, 3.8) is 0 Å². The van der Waals surface area contributed by atoms with Crippen LogP contribution in [0, 0.1) is 0 Å². The molecule has 70 valence electrons. The number of nitrogens with one attached hydrogen (secondary N) is 1. The highest BCUT2D eigenvalue weighted by Gasteiger charge is 2.09. The molecule has 0 saturated carbocycles. The van der Waals surface area contributed by atoms with E-state index in [0.29, 0.717) is 0 Å². The molecule has 0 atom stereocenters. The summed E-state index contributed by atoms with van der Waals surface area (Å²) in [6.45, 7) is 3.18. The molecule has 2 rings (SSSR count). The van der Waals surface area contributed by atoms with E-state index in [4.69, 9.17) is 0 Å². The number of hydrogen-bond donors (Lipinski definition) is 1. The molecule has 1 nitrogen and oxygen atoms in total. The summed E-state index contributed by atoms with van der Waals surface area (Å²) in [4.78, 5) is 0. The van der Waals surface area contributed by atoms with Gasteiger partial charge in [-0.15, -0.1) is 0 Å². The standard InChI is InChI=1S/C12H17N/c1-10-7-8-12(13-9-10)11-5-3-2-4-6-11/h5,7-8,13H,2-4,6,9H2,1H3. The van der Waals surface area contributed by atoms with Gasteiger partial charge < -0.3 is 5.32 Å². The lowest BCUT2D eigenvalue weighted by molar-refractivity contribution is 0.690. The fourth-order valence-electron chi connectivity index (χ4n) is 1.88. The Morgan fingerprint density at radius 2 is 2.15 bits per heavy atom. The monoisotopic (exact) mass is 175 g/mol. The Morgan fingerprint density at radius 1 is 1.23 bits per heavy atom. The smallest absolute Gasteiger partial charge is 0.0372 e. The molecule has 0 bridgehead atoms. The highest BCUT2D eigenvalue weighted by atomic mass is 14.9. The molecule has 0 spiro atoms. The van der Waals surface area contributed by atoms with Gasteiger partial charge in [-0.3, -0.25) is 0 Å². The van der Waals surface area contributed by atoms with Crippen LogP contribution in [-0.4, -0.2) is 6.54 Å². The van der Waals surface area contributed by atoms with Crippen molar-refractivity contribution in [1.29, 1.82) is 0 Å². The lowest BCUT2D eigenvalue weighted by Gasteiger charge is -2.20. The first-order valence-corrected chi connectivity index (χ1v) is 5.17. The summed E-state index contributed by atoms with van der Waals surface area (Å²) in [5.74, 6) is 0. The van der Waals surface area contributed by atoms with Gasteiger partial charge in [-0.2, -0.15) is 0 Å². The average Bonchev–Trinajstić information content (AvgIpc) is 2.20. The predicted octanol–water partition coefficient (Wildman–Crippen LogP) is 2.92. The fraction of sp³-hybridized carbons (Fsp3) is 0.500. The summed E-state index contributed by atoms with van der Waals surface area (Å²) in [6, 6.07) is 0. The van der Waals surface area contributed by atoms with Crippen LogP contribution in [0.2, 0.25) is 0 Å². The van der Waals surface area contributed by atoms with Crippen LogP contribution in [0.5, 0.6) is 0 Å². The highest BCUT2D eigenvalue weighted by Crippen LogP contribution is 2.23. The maximum atomic E-state index is 3.46. The van der Waals surface area contributed by atoms with Crippen molar-refractivity contribution in [3.8, 4) is 0 Å². The molecular weight excluding hydrogens is 158 g/mol. The van der Waals surface area contributed by atoms with Gasteiger partial charge in [0.1, 0.15) is 0 Å². The predicted molar refractivity (Wildman–Crippen MR) is 56.4 cm³/mol. The first-order valence-electron chi connectivity index (χ1n) is 5.17. The van der Waals surface area contributed by atoms with Crippen molar-refractivity contribution in [2.45, 2.75) is 32.6 Å². The quantitative estimate of drug-likeness (QED) is 0.646. The van der Waals surface area contributed by atoms with E-state index in [9.17, 15) is 0 Å². The second-order valence-corrected chi connectivity index (χ2v) is 3.92. The summed E-state index contributed by atoms with van der Waals surface area (Å²) in [6.07, 6.45) is 12.1. The van der Waals surface area contributed by atoms with Gasteiger partial charge in [0.2, 0.25) is 0 Å². The summed E-state index contributed by atoms with van der Waals surface area (Å²) >= 11 is 0. The first-order chi connectivity index (χ1) is 6.36. The minimum Gasteiger partial charge on any atom is -0.381 e. The summed E-state index contributed by atoms with van der Waals surface area (Å²) in [5, 5.41) is 3.46. The van der Waals surface area contributed by atoms with Crippen LogP contribution in [0.15, 0.2) is 35.1 Å². The van der Waals surface area contributed by atoms with E-state index in [0.717, 1.165) is 6.54 Å². The molecule has 0 saturated heterocycles. The zero-order valence-corrected chi connectivity index (χ0v) is 8.27. The van der Waals surface area contributed by atoms with Crippen molar-refractivity contribution >= 4 is 0 Å². The fourth-order valence-corrected chi connectivity index (χ4v) is 1.88. The average molecular weight is 175 g/mol. The Balaban J connectivity index is 2.12. The van der Waals surface area contributed by atoms with Gasteiger partial charge in [-0.25, -0.2) is 0 Å². The van der Waals surface area contributed by atoms with Crippen LogP contribution in [0.4, 0.5) is 0 Å². The molecule has 2 aliphatic rings. The van der Waals surface area contributed by atoms with Crippen molar-refractivity contribution < 1.29 is 0 Å². The Bertz CT molecular complexity index is 281. The third-order valence-electron chi connectivity index (χ3n) is 2.73. The zero-order valence-electron chi connectivity index (χ0n) is 8.27. The lowest BCUT2D eigenvalue weighted by atomic mass is 9.95. The molecule has 0 fully saturated rings. The van der Waals surface area contributed by atoms with E-state index in [1.54, 1.807) is 0 Å². The Morgan fingerprint density at radius 3 is 2.77 bits per heavy atom.